The Hall–Kier alpha value is -2.86. The van der Waals surface area contributed by atoms with Gasteiger partial charge in [0, 0.05) is 11.9 Å². The molecule has 0 aliphatic carbocycles. The fraction of sp³-hybridized carbons (Fsp3) is 0.158. The highest BCUT2D eigenvalue weighted by molar-refractivity contribution is 7.19. The first kappa shape index (κ1) is 15.7. The van der Waals surface area contributed by atoms with Crippen LogP contribution in [0, 0.1) is 13.8 Å². The van der Waals surface area contributed by atoms with E-state index in [9.17, 15) is 0 Å². The van der Waals surface area contributed by atoms with Gasteiger partial charge in [-0.15, -0.1) is 0 Å². The molecule has 1 aliphatic rings. The highest BCUT2D eigenvalue weighted by Crippen LogP contribution is 2.37. The van der Waals surface area contributed by atoms with Crippen molar-refractivity contribution >= 4 is 22.2 Å². The van der Waals surface area contributed by atoms with Crippen LogP contribution in [-0.2, 0) is 9.47 Å². The van der Waals surface area contributed by atoms with Crippen molar-refractivity contribution in [3.63, 3.8) is 0 Å². The zero-order chi connectivity index (χ0) is 17.2. The molecule has 0 spiro atoms. The Bertz CT molecular complexity index is 918. The highest BCUT2D eigenvalue weighted by atomic mass is 32.1. The number of anilines is 2. The van der Waals surface area contributed by atoms with E-state index in [1.165, 1.54) is 5.56 Å². The first-order valence-corrected chi connectivity index (χ1v) is 8.73. The van der Waals surface area contributed by atoms with Gasteiger partial charge < -0.3 is 9.47 Å². The Morgan fingerprint density at radius 2 is 1.92 bits per heavy atom. The molecule has 0 fully saturated rings. The third-order valence-corrected chi connectivity index (χ3v) is 4.80. The molecule has 4 rings (SSSR count). The first-order valence-electron chi connectivity index (χ1n) is 7.92. The highest BCUT2D eigenvalue weighted by Gasteiger charge is 2.23. The number of aryl methyl sites for hydroxylation is 2. The normalized spacial score (nSPS) is 13.1. The predicted molar refractivity (Wildman–Crippen MR) is 98.5 cm³/mol. The lowest BCUT2D eigenvalue weighted by Gasteiger charge is -2.21. The van der Waals surface area contributed by atoms with Gasteiger partial charge in [-0.2, -0.15) is 0 Å². The molecule has 0 atom stereocenters. The lowest BCUT2D eigenvalue weighted by atomic mass is 10.2. The minimum Gasteiger partial charge on any atom is -0.459 e. The number of hydrogen-bond acceptors (Lipinski definition) is 6. The molecule has 25 heavy (non-hydrogen) atoms. The molecule has 0 radical (unpaired) electrons. The Morgan fingerprint density at radius 1 is 1.08 bits per heavy atom. The maximum absolute atomic E-state index is 5.60. The Balaban J connectivity index is 1.74. The smallest absolute Gasteiger partial charge is 0.239 e. The average molecular weight is 351 g/mol. The molecule has 3 aromatic rings. The monoisotopic (exact) mass is 351 g/mol. The van der Waals surface area contributed by atoms with Crippen molar-refractivity contribution in [3.05, 3.63) is 72.1 Å². The van der Waals surface area contributed by atoms with E-state index in [2.05, 4.69) is 29.0 Å². The minimum absolute atomic E-state index is 0.218. The van der Waals surface area contributed by atoms with Crippen LogP contribution >= 0.6 is 11.3 Å². The molecule has 0 bridgehead atoms. The number of nitrogens with zero attached hydrogens (tertiary/aromatic N) is 3. The van der Waals surface area contributed by atoms with Crippen LogP contribution < -0.4 is 4.90 Å². The molecule has 6 heteroatoms. The second-order valence-corrected chi connectivity index (χ2v) is 6.74. The molecule has 5 nitrogen and oxygen atoms in total. The molecule has 0 saturated heterocycles. The second kappa shape index (κ2) is 6.57. The van der Waals surface area contributed by atoms with E-state index >= 15 is 0 Å². The maximum Gasteiger partial charge on any atom is 0.239 e. The summed E-state index contributed by atoms with van der Waals surface area (Å²) < 4.78 is 10.9. The molecule has 0 unspecified atom stereocenters. The summed E-state index contributed by atoms with van der Waals surface area (Å²) >= 11 is 1.56. The summed E-state index contributed by atoms with van der Waals surface area (Å²) in [7, 11) is 0. The average Bonchev–Trinajstić information content (AvgIpc) is 3.30. The van der Waals surface area contributed by atoms with Crippen LogP contribution in [0.3, 0.4) is 0 Å². The summed E-state index contributed by atoms with van der Waals surface area (Å²) in [6.07, 6.45) is 3.46. The number of hydrogen-bond donors (Lipinski definition) is 0. The lowest BCUT2D eigenvalue weighted by Crippen LogP contribution is -2.16. The number of benzene rings is 1. The Labute approximate surface area is 150 Å². The van der Waals surface area contributed by atoms with E-state index < -0.39 is 0 Å². The molecular weight excluding hydrogens is 334 g/mol. The van der Waals surface area contributed by atoms with E-state index in [4.69, 9.17) is 9.47 Å². The molecule has 2 aromatic heterocycles. The van der Waals surface area contributed by atoms with Gasteiger partial charge in [-0.05, 0) is 38.1 Å². The number of aromatic nitrogens is 2. The van der Waals surface area contributed by atoms with Crippen LogP contribution in [0.5, 0.6) is 0 Å². The van der Waals surface area contributed by atoms with Crippen molar-refractivity contribution in [2.24, 2.45) is 0 Å². The predicted octanol–water partition coefficient (Wildman–Crippen LogP) is 4.76. The van der Waals surface area contributed by atoms with Crippen molar-refractivity contribution in [2.75, 3.05) is 11.7 Å². The van der Waals surface area contributed by atoms with E-state index in [1.54, 1.807) is 17.6 Å². The summed E-state index contributed by atoms with van der Waals surface area (Å²) in [5, 5.41) is 0.805. The molecule has 126 valence electrons. The van der Waals surface area contributed by atoms with Crippen molar-refractivity contribution in [1.82, 2.24) is 9.97 Å². The van der Waals surface area contributed by atoms with Gasteiger partial charge in [-0.25, -0.2) is 4.98 Å². The number of ether oxygens (including phenoxy) is 2. The molecular formula is C19H17N3O2S. The van der Waals surface area contributed by atoms with Crippen molar-refractivity contribution in [3.8, 4) is 10.6 Å². The van der Waals surface area contributed by atoms with Gasteiger partial charge in [0.2, 0.25) is 12.7 Å². The lowest BCUT2D eigenvalue weighted by molar-refractivity contribution is 0.0798. The molecule has 0 N–H and O–H groups in total. The fourth-order valence-corrected chi connectivity index (χ4v) is 3.46. The van der Waals surface area contributed by atoms with Gasteiger partial charge in [0.05, 0.1) is 16.3 Å². The molecule has 1 aliphatic heterocycles. The van der Waals surface area contributed by atoms with Crippen LogP contribution in [0.1, 0.15) is 11.3 Å². The van der Waals surface area contributed by atoms with E-state index in [0.717, 1.165) is 27.1 Å². The SMILES string of the molecule is Cc1ccc(N(C2=COCO2)c2ncc(-c3cccc(C)n3)s2)cc1. The van der Waals surface area contributed by atoms with Crippen molar-refractivity contribution in [1.29, 1.82) is 0 Å². The second-order valence-electron chi connectivity index (χ2n) is 5.73. The van der Waals surface area contributed by atoms with Crippen LogP contribution in [0.4, 0.5) is 10.8 Å². The van der Waals surface area contributed by atoms with E-state index in [-0.39, 0.29) is 6.79 Å². The van der Waals surface area contributed by atoms with Crippen LogP contribution in [-0.4, -0.2) is 16.8 Å². The Kier molecular flexibility index (Phi) is 4.11. The number of rotatable bonds is 4. The number of pyridine rings is 1. The summed E-state index contributed by atoms with van der Waals surface area (Å²) in [5.41, 5.74) is 4.08. The first-order chi connectivity index (χ1) is 12.2. The standard InChI is InChI=1S/C19H17N3O2S/c1-13-6-8-15(9-7-13)22(18-11-23-12-24-18)19-20-10-17(25-19)16-5-3-4-14(2)21-16/h3-11H,12H2,1-2H3. The van der Waals surface area contributed by atoms with Crippen LogP contribution in [0.25, 0.3) is 10.6 Å². The summed E-state index contributed by atoms with van der Waals surface area (Å²) in [5.74, 6) is 0.627. The molecule has 0 saturated carbocycles. The zero-order valence-electron chi connectivity index (χ0n) is 14.0. The van der Waals surface area contributed by atoms with Crippen LogP contribution in [0.15, 0.2) is 60.8 Å². The summed E-state index contributed by atoms with van der Waals surface area (Å²) in [6.45, 7) is 4.27. The molecule has 0 amide bonds. The number of thiazole rings is 1. The molecule has 1 aromatic carbocycles. The van der Waals surface area contributed by atoms with Gasteiger partial charge in [0.15, 0.2) is 5.13 Å². The maximum atomic E-state index is 5.60. The summed E-state index contributed by atoms with van der Waals surface area (Å²) in [4.78, 5) is 12.1. The van der Waals surface area contributed by atoms with Gasteiger partial charge in [0.1, 0.15) is 6.26 Å². The zero-order valence-corrected chi connectivity index (χ0v) is 14.8. The fourth-order valence-electron chi connectivity index (χ4n) is 2.54. The Morgan fingerprint density at radius 3 is 2.64 bits per heavy atom. The van der Waals surface area contributed by atoms with Gasteiger partial charge in [-0.3, -0.25) is 9.88 Å². The topological polar surface area (TPSA) is 47.5 Å². The molecule has 3 heterocycles. The summed E-state index contributed by atoms with van der Waals surface area (Å²) in [6, 6.07) is 14.2. The minimum atomic E-state index is 0.218. The van der Waals surface area contributed by atoms with E-state index in [1.807, 2.05) is 48.4 Å². The van der Waals surface area contributed by atoms with Gasteiger partial charge >= 0.3 is 0 Å². The third-order valence-electron chi connectivity index (χ3n) is 3.80. The van der Waals surface area contributed by atoms with E-state index in [0.29, 0.717) is 5.88 Å². The van der Waals surface area contributed by atoms with Crippen molar-refractivity contribution in [2.45, 2.75) is 13.8 Å². The largest absolute Gasteiger partial charge is 0.459 e. The quantitative estimate of drug-likeness (QED) is 0.678. The van der Waals surface area contributed by atoms with Crippen molar-refractivity contribution < 1.29 is 9.47 Å². The van der Waals surface area contributed by atoms with Crippen LogP contribution in [0.2, 0.25) is 0 Å². The van der Waals surface area contributed by atoms with Gasteiger partial charge in [0.25, 0.3) is 0 Å². The van der Waals surface area contributed by atoms with Gasteiger partial charge in [-0.1, -0.05) is 35.1 Å². The third kappa shape index (κ3) is 3.21.